The molecule has 0 spiro atoms. The maximum absolute atomic E-state index is 13.2. The number of hydrogen-bond acceptors (Lipinski definition) is 4. The first kappa shape index (κ1) is 19.7. The SMILES string of the molecule is Cn1c(=O)cc(C(=O)Nc2cc(C(N)=O)ccc2N2CCCCC2)c2ccccc21. The van der Waals surface area contributed by atoms with E-state index in [2.05, 4.69) is 10.2 Å². The van der Waals surface area contributed by atoms with Gasteiger partial charge in [0.2, 0.25) is 5.91 Å². The number of carbonyl (C=O) groups excluding carboxylic acids is 2. The Kier molecular flexibility index (Phi) is 5.27. The number of nitrogens with two attached hydrogens (primary N) is 1. The zero-order chi connectivity index (χ0) is 21.3. The maximum atomic E-state index is 13.2. The van der Waals surface area contributed by atoms with Crippen molar-refractivity contribution in [3.05, 3.63) is 70.0 Å². The van der Waals surface area contributed by atoms with Gasteiger partial charge in [-0.1, -0.05) is 18.2 Å². The summed E-state index contributed by atoms with van der Waals surface area (Å²) in [5, 5.41) is 3.60. The van der Waals surface area contributed by atoms with Crippen molar-refractivity contribution >= 4 is 34.1 Å². The molecular weight excluding hydrogens is 380 g/mol. The summed E-state index contributed by atoms with van der Waals surface area (Å²) in [6.07, 6.45) is 3.32. The van der Waals surface area contributed by atoms with Gasteiger partial charge in [0.1, 0.15) is 0 Å². The van der Waals surface area contributed by atoms with Crippen molar-refractivity contribution in [2.45, 2.75) is 19.3 Å². The minimum absolute atomic E-state index is 0.263. The Labute approximate surface area is 174 Å². The molecule has 1 saturated heterocycles. The van der Waals surface area contributed by atoms with Gasteiger partial charge in [-0.05, 0) is 43.5 Å². The minimum Gasteiger partial charge on any atom is -0.370 e. The van der Waals surface area contributed by atoms with E-state index in [0.717, 1.165) is 31.6 Å². The predicted molar refractivity (Wildman–Crippen MR) is 118 cm³/mol. The summed E-state index contributed by atoms with van der Waals surface area (Å²) in [5.74, 6) is -0.960. The van der Waals surface area contributed by atoms with Crippen LogP contribution in [0.25, 0.3) is 10.9 Å². The van der Waals surface area contributed by atoms with Crippen molar-refractivity contribution in [3.8, 4) is 0 Å². The molecule has 0 bridgehead atoms. The van der Waals surface area contributed by atoms with Gasteiger partial charge in [0, 0.05) is 37.2 Å². The van der Waals surface area contributed by atoms with Crippen LogP contribution >= 0.6 is 0 Å². The second-order valence-corrected chi connectivity index (χ2v) is 7.57. The highest BCUT2D eigenvalue weighted by Crippen LogP contribution is 2.30. The van der Waals surface area contributed by atoms with Crippen LogP contribution in [0.2, 0.25) is 0 Å². The van der Waals surface area contributed by atoms with Crippen LogP contribution < -0.4 is 21.5 Å². The molecule has 1 aromatic heterocycles. The molecule has 1 aliphatic heterocycles. The number of carbonyl (C=O) groups is 2. The molecule has 2 aromatic carbocycles. The highest BCUT2D eigenvalue weighted by molar-refractivity contribution is 6.13. The summed E-state index contributed by atoms with van der Waals surface area (Å²) in [6.45, 7) is 1.77. The third-order valence-electron chi connectivity index (χ3n) is 5.62. The van der Waals surface area contributed by atoms with E-state index in [1.165, 1.54) is 17.1 Å². The number of nitrogens with zero attached hydrogens (tertiary/aromatic N) is 2. The Morgan fingerprint density at radius 1 is 1.00 bits per heavy atom. The number of aryl methyl sites for hydroxylation is 1. The molecule has 0 saturated carbocycles. The number of pyridine rings is 1. The van der Waals surface area contributed by atoms with Gasteiger partial charge in [-0.2, -0.15) is 0 Å². The molecule has 3 N–H and O–H groups in total. The van der Waals surface area contributed by atoms with Gasteiger partial charge >= 0.3 is 0 Å². The Balaban J connectivity index is 1.77. The van der Waals surface area contributed by atoms with Crippen molar-refractivity contribution in [1.29, 1.82) is 0 Å². The normalized spacial score (nSPS) is 14.0. The quantitative estimate of drug-likeness (QED) is 0.699. The molecule has 1 aliphatic rings. The van der Waals surface area contributed by atoms with Gasteiger partial charge in [-0.3, -0.25) is 14.4 Å². The number of para-hydroxylation sites is 1. The van der Waals surface area contributed by atoms with Crippen LogP contribution in [0.4, 0.5) is 11.4 Å². The molecule has 1 fully saturated rings. The number of primary amides is 1. The van der Waals surface area contributed by atoms with E-state index in [-0.39, 0.29) is 5.56 Å². The highest BCUT2D eigenvalue weighted by Gasteiger charge is 2.19. The van der Waals surface area contributed by atoms with Crippen molar-refractivity contribution < 1.29 is 9.59 Å². The number of anilines is 2. The summed E-state index contributed by atoms with van der Waals surface area (Å²) < 4.78 is 1.51. The summed E-state index contributed by atoms with van der Waals surface area (Å²) in [5.41, 5.74) is 7.85. The zero-order valence-corrected chi connectivity index (χ0v) is 16.9. The summed E-state index contributed by atoms with van der Waals surface area (Å²) in [6, 6.07) is 13.7. The number of aromatic nitrogens is 1. The van der Waals surface area contributed by atoms with E-state index in [0.29, 0.717) is 27.7 Å². The monoisotopic (exact) mass is 404 g/mol. The van der Waals surface area contributed by atoms with E-state index in [1.807, 2.05) is 24.3 Å². The molecule has 2 heterocycles. The first-order valence-electron chi connectivity index (χ1n) is 10.0. The third kappa shape index (κ3) is 3.66. The Morgan fingerprint density at radius 2 is 1.73 bits per heavy atom. The fraction of sp³-hybridized carbons (Fsp3) is 0.261. The van der Waals surface area contributed by atoms with Crippen LogP contribution in [-0.4, -0.2) is 29.5 Å². The van der Waals surface area contributed by atoms with Gasteiger partial charge in [-0.25, -0.2) is 0 Å². The lowest BCUT2D eigenvalue weighted by molar-refractivity contribution is 0.0996. The molecule has 4 rings (SSSR count). The molecule has 0 aliphatic carbocycles. The largest absolute Gasteiger partial charge is 0.370 e. The molecule has 7 nitrogen and oxygen atoms in total. The maximum Gasteiger partial charge on any atom is 0.256 e. The topological polar surface area (TPSA) is 97.4 Å². The summed E-state index contributed by atoms with van der Waals surface area (Å²) in [4.78, 5) is 39.5. The average Bonchev–Trinajstić information content (AvgIpc) is 2.76. The first-order valence-corrected chi connectivity index (χ1v) is 10.0. The van der Waals surface area contributed by atoms with E-state index in [4.69, 9.17) is 5.73 Å². The van der Waals surface area contributed by atoms with E-state index in [9.17, 15) is 14.4 Å². The van der Waals surface area contributed by atoms with E-state index >= 15 is 0 Å². The standard InChI is InChI=1S/C23H24N4O3/c1-26-19-8-4-3-7-16(19)17(14-21(26)28)23(30)25-18-13-15(22(24)29)9-10-20(18)27-11-5-2-6-12-27/h3-4,7-10,13-14H,2,5-6,11-12H2,1H3,(H2,24,29)(H,25,30). The molecular formula is C23H24N4O3. The second-order valence-electron chi connectivity index (χ2n) is 7.57. The molecule has 2 amide bonds. The van der Waals surface area contributed by atoms with Crippen LogP contribution in [-0.2, 0) is 7.05 Å². The molecule has 0 atom stereocenters. The van der Waals surface area contributed by atoms with Crippen molar-refractivity contribution in [2.75, 3.05) is 23.3 Å². The molecule has 7 heteroatoms. The van der Waals surface area contributed by atoms with Gasteiger partial charge in [-0.15, -0.1) is 0 Å². The zero-order valence-electron chi connectivity index (χ0n) is 16.9. The van der Waals surface area contributed by atoms with Crippen LogP contribution in [0.3, 0.4) is 0 Å². The molecule has 154 valence electrons. The molecule has 30 heavy (non-hydrogen) atoms. The van der Waals surface area contributed by atoms with Crippen molar-refractivity contribution in [3.63, 3.8) is 0 Å². The first-order chi connectivity index (χ1) is 14.5. The Morgan fingerprint density at radius 3 is 2.47 bits per heavy atom. The van der Waals surface area contributed by atoms with Crippen molar-refractivity contribution in [2.24, 2.45) is 12.8 Å². The smallest absolute Gasteiger partial charge is 0.256 e. The average molecular weight is 404 g/mol. The van der Waals surface area contributed by atoms with Gasteiger partial charge < -0.3 is 20.5 Å². The van der Waals surface area contributed by atoms with Crippen LogP contribution in [0.5, 0.6) is 0 Å². The fourth-order valence-corrected chi connectivity index (χ4v) is 3.99. The summed E-state index contributed by atoms with van der Waals surface area (Å²) in [7, 11) is 1.68. The van der Waals surface area contributed by atoms with Gasteiger partial charge in [0.05, 0.1) is 22.5 Å². The molecule has 3 aromatic rings. The lowest BCUT2D eigenvalue weighted by atomic mass is 10.1. The minimum atomic E-state index is -0.560. The molecule has 0 unspecified atom stereocenters. The number of benzene rings is 2. The number of hydrogen-bond donors (Lipinski definition) is 2. The number of amides is 2. The van der Waals surface area contributed by atoms with Gasteiger partial charge in [0.25, 0.3) is 11.5 Å². The number of nitrogens with one attached hydrogen (secondary N) is 1. The number of piperidine rings is 1. The lowest BCUT2D eigenvalue weighted by Crippen LogP contribution is -2.31. The number of fused-ring (bicyclic) bond motifs is 1. The number of rotatable bonds is 4. The highest BCUT2D eigenvalue weighted by atomic mass is 16.2. The van der Waals surface area contributed by atoms with Crippen LogP contribution in [0.1, 0.15) is 40.0 Å². The summed E-state index contributed by atoms with van der Waals surface area (Å²) >= 11 is 0. The van der Waals surface area contributed by atoms with Crippen LogP contribution in [0, 0.1) is 0 Å². The van der Waals surface area contributed by atoms with Crippen LogP contribution in [0.15, 0.2) is 53.3 Å². The Bertz CT molecular complexity index is 1190. The third-order valence-corrected chi connectivity index (χ3v) is 5.62. The van der Waals surface area contributed by atoms with E-state index in [1.54, 1.807) is 25.2 Å². The van der Waals surface area contributed by atoms with Gasteiger partial charge in [0.15, 0.2) is 0 Å². The Hall–Kier alpha value is -3.61. The van der Waals surface area contributed by atoms with Crippen molar-refractivity contribution in [1.82, 2.24) is 4.57 Å². The fourth-order valence-electron chi connectivity index (χ4n) is 3.99. The van der Waals surface area contributed by atoms with E-state index < -0.39 is 11.8 Å². The molecule has 0 radical (unpaired) electrons. The lowest BCUT2D eigenvalue weighted by Gasteiger charge is -2.30. The predicted octanol–water partition coefficient (Wildman–Crippen LogP) is 2.88. The second kappa shape index (κ2) is 8.02.